The summed E-state index contributed by atoms with van der Waals surface area (Å²) in [6.45, 7) is 13.0. The fourth-order valence-electron chi connectivity index (χ4n) is 2.85. The zero-order chi connectivity index (χ0) is 20.7. The van der Waals surface area contributed by atoms with E-state index in [1.54, 1.807) is 0 Å². The van der Waals surface area contributed by atoms with Gasteiger partial charge in [0.05, 0.1) is 0 Å². The summed E-state index contributed by atoms with van der Waals surface area (Å²) in [4.78, 5) is 0. The molecule has 0 aliphatic heterocycles. The summed E-state index contributed by atoms with van der Waals surface area (Å²) in [6.07, 6.45) is 2.17. The molecule has 0 aliphatic rings. The van der Waals surface area contributed by atoms with E-state index in [0.717, 1.165) is 4.48 Å². The van der Waals surface area contributed by atoms with Gasteiger partial charge < -0.3 is 0 Å². The van der Waals surface area contributed by atoms with Gasteiger partial charge in [-0.1, -0.05) is 115 Å². The van der Waals surface area contributed by atoms with E-state index in [4.69, 9.17) is 0 Å². The Kier molecular flexibility index (Phi) is 7.83. The first-order valence-electron chi connectivity index (χ1n) is 9.74. The highest BCUT2D eigenvalue weighted by atomic mass is 79.9. The van der Waals surface area contributed by atoms with Crippen molar-refractivity contribution in [3.63, 3.8) is 0 Å². The van der Waals surface area contributed by atoms with Crippen molar-refractivity contribution in [1.82, 2.24) is 0 Å². The second-order valence-electron chi connectivity index (χ2n) is 8.28. The average Bonchev–Trinajstić information content (AvgIpc) is 2.64. The summed E-state index contributed by atoms with van der Waals surface area (Å²) in [6, 6.07) is 25.7. The van der Waals surface area contributed by atoms with E-state index in [1.807, 2.05) is 6.07 Å². The molecule has 0 atom stereocenters. The number of halogens is 1. The molecule has 0 heterocycles. The zero-order valence-electron chi connectivity index (χ0n) is 17.9. The van der Waals surface area contributed by atoms with Gasteiger partial charge in [0, 0.05) is 0 Å². The molecule has 0 bridgehead atoms. The van der Waals surface area contributed by atoms with Crippen LogP contribution < -0.4 is 0 Å². The van der Waals surface area contributed by atoms with E-state index in [9.17, 15) is 0 Å². The lowest BCUT2D eigenvalue weighted by Crippen LogP contribution is -2.11. The molecule has 0 spiro atoms. The number of benzene rings is 3. The molecule has 0 aliphatic carbocycles. The molecule has 28 heavy (non-hydrogen) atoms. The minimum absolute atomic E-state index is 0.219. The molecule has 0 amide bonds. The Morgan fingerprint density at radius 1 is 0.786 bits per heavy atom. The predicted molar refractivity (Wildman–Crippen MR) is 129 cm³/mol. The summed E-state index contributed by atoms with van der Waals surface area (Å²) in [5.74, 6) is 0. The number of rotatable bonds is 2. The van der Waals surface area contributed by atoms with E-state index in [0.29, 0.717) is 0 Å². The zero-order valence-corrected chi connectivity index (χ0v) is 19.5. The van der Waals surface area contributed by atoms with Crippen LogP contribution >= 0.6 is 15.9 Å². The number of hydrogen-bond donors (Lipinski definition) is 0. The van der Waals surface area contributed by atoms with Crippen LogP contribution in [0.5, 0.6) is 0 Å². The number of allylic oxidation sites excluding steroid dienone is 1. The molecule has 3 rings (SSSR count). The number of hydrogen-bond acceptors (Lipinski definition) is 0. The fourth-order valence-corrected chi connectivity index (χ4v) is 3.10. The van der Waals surface area contributed by atoms with E-state index in [1.165, 1.54) is 33.4 Å². The van der Waals surface area contributed by atoms with Crippen LogP contribution in [0.1, 0.15) is 49.9 Å². The Labute approximate surface area is 179 Å². The Bertz CT molecular complexity index is 907. The summed E-state index contributed by atoms with van der Waals surface area (Å²) in [5, 5.41) is 0. The molecule has 0 fully saturated rings. The van der Waals surface area contributed by atoms with Gasteiger partial charge in [-0.15, -0.1) is 0 Å². The van der Waals surface area contributed by atoms with Crippen molar-refractivity contribution < 1.29 is 0 Å². The second-order valence-corrected chi connectivity index (χ2v) is 9.54. The first-order valence-corrected chi connectivity index (χ1v) is 10.5. The van der Waals surface area contributed by atoms with Gasteiger partial charge in [-0.3, -0.25) is 0 Å². The topological polar surface area (TPSA) is 0 Å². The minimum Gasteiger partial charge on any atom is -0.0622 e. The third-order valence-corrected chi connectivity index (χ3v) is 4.89. The highest BCUT2D eigenvalue weighted by molar-refractivity contribution is 9.11. The maximum atomic E-state index is 3.48. The first kappa shape index (κ1) is 22.2. The molecule has 3 aromatic carbocycles. The second kappa shape index (κ2) is 9.89. The lowest BCUT2D eigenvalue weighted by atomic mass is 9.85. The monoisotopic (exact) mass is 434 g/mol. The van der Waals surface area contributed by atoms with Crippen molar-refractivity contribution in [2.75, 3.05) is 0 Å². The highest BCUT2D eigenvalue weighted by Crippen LogP contribution is 2.26. The SMILES string of the molecule is C/C(Br)=C\c1cc(C(C)(C)C)ccc1C.Cc1ccc(-c2ccccc2)cc1. The molecule has 0 saturated carbocycles. The molecule has 0 aromatic heterocycles. The van der Waals surface area contributed by atoms with Crippen LogP contribution in [0.4, 0.5) is 0 Å². The van der Waals surface area contributed by atoms with E-state index in [2.05, 4.69) is 130 Å². The summed E-state index contributed by atoms with van der Waals surface area (Å²) < 4.78 is 1.16. The average molecular weight is 435 g/mol. The maximum Gasteiger partial charge on any atom is -0.00744 e. The molecule has 0 saturated heterocycles. The van der Waals surface area contributed by atoms with Gasteiger partial charge in [0.2, 0.25) is 0 Å². The van der Waals surface area contributed by atoms with Gasteiger partial charge in [0.1, 0.15) is 0 Å². The third-order valence-electron chi connectivity index (χ3n) is 4.66. The Hall–Kier alpha value is -2.12. The van der Waals surface area contributed by atoms with E-state index >= 15 is 0 Å². The van der Waals surface area contributed by atoms with Crippen LogP contribution in [0.3, 0.4) is 0 Å². The van der Waals surface area contributed by atoms with Crippen molar-refractivity contribution in [2.45, 2.75) is 47.0 Å². The quantitative estimate of drug-likeness (QED) is 0.378. The first-order chi connectivity index (χ1) is 13.2. The van der Waals surface area contributed by atoms with E-state index in [-0.39, 0.29) is 5.41 Å². The van der Waals surface area contributed by atoms with E-state index < -0.39 is 0 Å². The summed E-state index contributed by atoms with van der Waals surface area (Å²) >= 11 is 3.48. The molecule has 0 radical (unpaired) electrons. The predicted octanol–water partition coefficient (Wildman–Crippen LogP) is 8.71. The van der Waals surface area contributed by atoms with Crippen molar-refractivity contribution >= 4 is 22.0 Å². The van der Waals surface area contributed by atoms with Gasteiger partial charge in [0.15, 0.2) is 0 Å². The normalized spacial score (nSPS) is 11.6. The van der Waals surface area contributed by atoms with Gasteiger partial charge >= 0.3 is 0 Å². The molecule has 0 nitrogen and oxygen atoms in total. The van der Waals surface area contributed by atoms with Crippen molar-refractivity contribution in [3.05, 3.63) is 99.5 Å². The summed E-state index contributed by atoms with van der Waals surface area (Å²) in [7, 11) is 0. The molecule has 0 unspecified atom stereocenters. The smallest absolute Gasteiger partial charge is 0.00744 e. The van der Waals surface area contributed by atoms with Gasteiger partial charge in [-0.2, -0.15) is 0 Å². The largest absolute Gasteiger partial charge is 0.0622 e. The van der Waals surface area contributed by atoms with Crippen LogP contribution in [-0.2, 0) is 5.41 Å². The maximum absolute atomic E-state index is 3.48. The van der Waals surface area contributed by atoms with Crippen molar-refractivity contribution in [3.8, 4) is 11.1 Å². The van der Waals surface area contributed by atoms with Crippen molar-refractivity contribution in [2.24, 2.45) is 0 Å². The fraction of sp³-hybridized carbons (Fsp3) is 0.259. The van der Waals surface area contributed by atoms with Gasteiger partial charge in [-0.25, -0.2) is 0 Å². The molecule has 1 heteroatoms. The lowest BCUT2D eigenvalue weighted by molar-refractivity contribution is 0.590. The van der Waals surface area contributed by atoms with Crippen LogP contribution in [0.15, 0.2) is 77.3 Å². The molecule has 0 N–H and O–H groups in total. The standard InChI is InChI=1S/C14H19Br.C13H12/c1-10-6-7-13(14(3,4)5)9-12(10)8-11(2)15;1-11-7-9-13(10-8-11)12-5-3-2-4-6-12/h6-9H,1-5H3;2-10H,1H3/b11-8+;. The minimum atomic E-state index is 0.219. The molecular weight excluding hydrogens is 404 g/mol. The Morgan fingerprint density at radius 3 is 1.89 bits per heavy atom. The Balaban J connectivity index is 0.000000202. The van der Waals surface area contributed by atoms with Crippen LogP contribution in [-0.4, -0.2) is 0 Å². The van der Waals surface area contributed by atoms with Gasteiger partial charge in [0.25, 0.3) is 0 Å². The van der Waals surface area contributed by atoms with Crippen LogP contribution in [0.2, 0.25) is 0 Å². The van der Waals surface area contributed by atoms with Crippen molar-refractivity contribution in [1.29, 1.82) is 0 Å². The Morgan fingerprint density at radius 2 is 1.36 bits per heavy atom. The van der Waals surface area contributed by atoms with Crippen LogP contribution in [0.25, 0.3) is 17.2 Å². The lowest BCUT2D eigenvalue weighted by Gasteiger charge is -2.20. The molecular formula is C27H31Br. The summed E-state index contributed by atoms with van der Waals surface area (Å²) in [5.41, 5.74) is 8.09. The third kappa shape index (κ3) is 6.80. The van der Waals surface area contributed by atoms with Gasteiger partial charge in [-0.05, 0) is 64.6 Å². The molecule has 3 aromatic rings. The van der Waals surface area contributed by atoms with Crippen LogP contribution in [0, 0.1) is 13.8 Å². The molecule has 146 valence electrons. The number of aryl methyl sites for hydroxylation is 2. The highest BCUT2D eigenvalue weighted by Gasteiger charge is 2.13.